The number of benzene rings is 2. The normalized spacial score (nSPS) is 15.7. The van der Waals surface area contributed by atoms with E-state index in [0.717, 1.165) is 37.8 Å². The number of carbonyl (C=O) groups excluding carboxylic acids is 1. The lowest BCUT2D eigenvalue weighted by atomic mass is 10.1. The van der Waals surface area contributed by atoms with E-state index < -0.39 is 11.6 Å². The predicted molar refractivity (Wildman–Crippen MR) is 84.0 cm³/mol. The lowest BCUT2D eigenvalue weighted by Crippen LogP contribution is -2.48. The van der Waals surface area contributed by atoms with Crippen molar-refractivity contribution in [3.05, 3.63) is 71.3 Å². The highest BCUT2D eigenvalue weighted by Gasteiger charge is 2.22. The molecule has 3 rings (SSSR count). The van der Waals surface area contributed by atoms with Gasteiger partial charge in [-0.25, -0.2) is 8.78 Å². The monoisotopic (exact) mass is 316 g/mol. The second kappa shape index (κ2) is 6.87. The van der Waals surface area contributed by atoms with E-state index in [1.807, 2.05) is 18.2 Å². The van der Waals surface area contributed by atoms with Crippen LogP contribution in [0.5, 0.6) is 0 Å². The molecule has 0 unspecified atom stereocenters. The molecule has 0 aromatic heterocycles. The maximum atomic E-state index is 13.2. The zero-order chi connectivity index (χ0) is 16.2. The summed E-state index contributed by atoms with van der Waals surface area (Å²) in [6, 6.07) is 13.1. The molecule has 0 aliphatic carbocycles. The number of nitrogens with zero attached hydrogens (tertiary/aromatic N) is 2. The van der Waals surface area contributed by atoms with Crippen molar-refractivity contribution in [3.63, 3.8) is 0 Å². The van der Waals surface area contributed by atoms with Gasteiger partial charge in [0.1, 0.15) is 11.6 Å². The van der Waals surface area contributed by atoms with E-state index in [0.29, 0.717) is 13.1 Å². The quantitative estimate of drug-likeness (QED) is 0.869. The molecule has 2 aromatic carbocycles. The Labute approximate surface area is 134 Å². The Morgan fingerprint density at radius 2 is 1.52 bits per heavy atom. The zero-order valence-electron chi connectivity index (χ0n) is 12.7. The van der Waals surface area contributed by atoms with Crippen LogP contribution in [-0.2, 0) is 6.54 Å². The van der Waals surface area contributed by atoms with Crippen molar-refractivity contribution in [2.75, 3.05) is 26.2 Å². The van der Waals surface area contributed by atoms with Crippen LogP contribution < -0.4 is 0 Å². The van der Waals surface area contributed by atoms with Gasteiger partial charge in [-0.05, 0) is 17.7 Å². The Morgan fingerprint density at radius 1 is 0.913 bits per heavy atom. The van der Waals surface area contributed by atoms with Crippen LogP contribution in [0.4, 0.5) is 8.78 Å². The minimum absolute atomic E-state index is 0.0685. The SMILES string of the molecule is O=C(c1cc(F)cc(F)c1)N1CCN(Cc2ccccc2)CC1. The molecule has 0 N–H and O–H groups in total. The topological polar surface area (TPSA) is 23.6 Å². The average Bonchev–Trinajstić information content (AvgIpc) is 2.55. The Balaban J connectivity index is 1.59. The molecular weight excluding hydrogens is 298 g/mol. The summed E-state index contributed by atoms with van der Waals surface area (Å²) in [5.74, 6) is -1.77. The summed E-state index contributed by atoms with van der Waals surface area (Å²) in [7, 11) is 0. The highest BCUT2D eigenvalue weighted by Crippen LogP contribution is 2.14. The van der Waals surface area contributed by atoms with Gasteiger partial charge in [-0.2, -0.15) is 0 Å². The Kier molecular flexibility index (Phi) is 4.67. The van der Waals surface area contributed by atoms with Gasteiger partial charge in [-0.3, -0.25) is 9.69 Å². The van der Waals surface area contributed by atoms with Crippen molar-refractivity contribution in [3.8, 4) is 0 Å². The third kappa shape index (κ3) is 3.93. The largest absolute Gasteiger partial charge is 0.336 e. The minimum Gasteiger partial charge on any atom is -0.336 e. The molecule has 1 saturated heterocycles. The fourth-order valence-electron chi connectivity index (χ4n) is 2.81. The first-order valence-corrected chi connectivity index (χ1v) is 7.63. The van der Waals surface area contributed by atoms with Gasteiger partial charge in [0, 0.05) is 44.4 Å². The summed E-state index contributed by atoms with van der Waals surface area (Å²) in [6.07, 6.45) is 0. The second-order valence-electron chi connectivity index (χ2n) is 5.71. The van der Waals surface area contributed by atoms with Crippen molar-refractivity contribution in [1.82, 2.24) is 9.80 Å². The van der Waals surface area contributed by atoms with E-state index in [1.165, 1.54) is 5.56 Å². The summed E-state index contributed by atoms with van der Waals surface area (Å²) >= 11 is 0. The molecule has 2 aromatic rings. The van der Waals surface area contributed by atoms with Crippen molar-refractivity contribution >= 4 is 5.91 Å². The van der Waals surface area contributed by atoms with E-state index in [9.17, 15) is 13.6 Å². The van der Waals surface area contributed by atoms with E-state index in [4.69, 9.17) is 0 Å². The molecule has 1 fully saturated rings. The molecule has 23 heavy (non-hydrogen) atoms. The molecule has 0 spiro atoms. The van der Waals surface area contributed by atoms with Crippen molar-refractivity contribution < 1.29 is 13.6 Å². The first kappa shape index (κ1) is 15.6. The van der Waals surface area contributed by atoms with Crippen molar-refractivity contribution in [2.45, 2.75) is 6.54 Å². The molecule has 1 aliphatic rings. The van der Waals surface area contributed by atoms with Gasteiger partial charge >= 0.3 is 0 Å². The summed E-state index contributed by atoms with van der Waals surface area (Å²) in [4.78, 5) is 16.3. The maximum Gasteiger partial charge on any atom is 0.254 e. The zero-order valence-corrected chi connectivity index (χ0v) is 12.7. The van der Waals surface area contributed by atoms with Crippen LogP contribution in [-0.4, -0.2) is 41.9 Å². The number of hydrogen-bond donors (Lipinski definition) is 0. The van der Waals surface area contributed by atoms with E-state index >= 15 is 0 Å². The first-order valence-electron chi connectivity index (χ1n) is 7.63. The van der Waals surface area contributed by atoms with Crippen LogP contribution in [0.15, 0.2) is 48.5 Å². The maximum absolute atomic E-state index is 13.2. The molecule has 3 nitrogen and oxygen atoms in total. The van der Waals surface area contributed by atoms with Crippen LogP contribution in [0.25, 0.3) is 0 Å². The Hall–Kier alpha value is -2.27. The standard InChI is InChI=1S/C18H18F2N2O/c19-16-10-15(11-17(20)12-16)18(23)22-8-6-21(7-9-22)13-14-4-2-1-3-5-14/h1-5,10-12H,6-9,13H2. The third-order valence-corrected chi connectivity index (χ3v) is 4.02. The lowest BCUT2D eigenvalue weighted by molar-refractivity contribution is 0.0627. The Morgan fingerprint density at radius 3 is 2.13 bits per heavy atom. The van der Waals surface area contributed by atoms with E-state index in [1.54, 1.807) is 4.90 Å². The van der Waals surface area contributed by atoms with Gasteiger partial charge in [0.05, 0.1) is 0 Å². The van der Waals surface area contributed by atoms with Gasteiger partial charge in [0.25, 0.3) is 5.91 Å². The number of hydrogen-bond acceptors (Lipinski definition) is 2. The third-order valence-electron chi connectivity index (χ3n) is 4.02. The first-order chi connectivity index (χ1) is 11.1. The van der Waals surface area contributed by atoms with Gasteiger partial charge in [0.2, 0.25) is 0 Å². The molecule has 120 valence electrons. The number of carbonyl (C=O) groups is 1. The number of piperazine rings is 1. The smallest absolute Gasteiger partial charge is 0.254 e. The summed E-state index contributed by atoms with van der Waals surface area (Å²) in [5, 5.41) is 0. The lowest BCUT2D eigenvalue weighted by Gasteiger charge is -2.34. The van der Waals surface area contributed by atoms with Gasteiger partial charge in [-0.1, -0.05) is 30.3 Å². The number of rotatable bonds is 3. The number of amides is 1. The summed E-state index contributed by atoms with van der Waals surface area (Å²) in [5.41, 5.74) is 1.30. The molecule has 1 heterocycles. The Bertz CT molecular complexity index is 662. The molecule has 0 saturated carbocycles. The molecule has 1 aliphatic heterocycles. The molecule has 0 atom stereocenters. The van der Waals surface area contributed by atoms with Crippen molar-refractivity contribution in [2.24, 2.45) is 0 Å². The van der Waals surface area contributed by atoms with Gasteiger partial charge in [0.15, 0.2) is 0 Å². The molecular formula is C18H18F2N2O. The number of halogens is 2. The highest BCUT2D eigenvalue weighted by atomic mass is 19.1. The van der Waals surface area contributed by atoms with Crippen LogP contribution in [0.1, 0.15) is 15.9 Å². The van der Waals surface area contributed by atoms with Crippen LogP contribution in [0, 0.1) is 11.6 Å². The molecule has 0 bridgehead atoms. The van der Waals surface area contributed by atoms with Gasteiger partial charge < -0.3 is 4.90 Å². The fraction of sp³-hybridized carbons (Fsp3) is 0.278. The van der Waals surface area contributed by atoms with Crippen LogP contribution >= 0.6 is 0 Å². The fourth-order valence-corrected chi connectivity index (χ4v) is 2.81. The van der Waals surface area contributed by atoms with Crippen LogP contribution in [0.2, 0.25) is 0 Å². The van der Waals surface area contributed by atoms with E-state index in [-0.39, 0.29) is 11.5 Å². The van der Waals surface area contributed by atoms with Crippen LogP contribution in [0.3, 0.4) is 0 Å². The highest BCUT2D eigenvalue weighted by molar-refractivity contribution is 5.94. The second-order valence-corrected chi connectivity index (χ2v) is 5.71. The van der Waals surface area contributed by atoms with Crippen molar-refractivity contribution in [1.29, 1.82) is 0 Å². The summed E-state index contributed by atoms with van der Waals surface area (Å²) < 4.78 is 26.5. The molecule has 1 amide bonds. The van der Waals surface area contributed by atoms with E-state index in [2.05, 4.69) is 17.0 Å². The predicted octanol–water partition coefficient (Wildman–Crippen LogP) is 2.92. The molecule has 0 radical (unpaired) electrons. The summed E-state index contributed by atoms with van der Waals surface area (Å²) in [6.45, 7) is 3.46. The average molecular weight is 316 g/mol. The molecule has 5 heteroatoms. The minimum atomic E-state index is -0.726. The van der Waals surface area contributed by atoms with Gasteiger partial charge in [-0.15, -0.1) is 0 Å².